The van der Waals surface area contributed by atoms with Gasteiger partial charge in [0, 0.05) is 6.42 Å². The monoisotopic (exact) mass is 366 g/mol. The quantitative estimate of drug-likeness (QED) is 0.595. The number of hydrazine groups is 1. The van der Waals surface area contributed by atoms with Crippen LogP contribution in [0.1, 0.15) is 31.7 Å². The highest BCUT2D eigenvalue weighted by atomic mass is 32.2. The molecule has 1 fully saturated rings. The minimum atomic E-state index is -0.373. The second-order valence-electron chi connectivity index (χ2n) is 5.09. The highest BCUT2D eigenvalue weighted by Crippen LogP contribution is 2.33. The van der Waals surface area contributed by atoms with Crippen LogP contribution >= 0.6 is 24.0 Å². The minimum Gasteiger partial charge on any atom is -0.504 e. The smallest absolute Gasteiger partial charge is 0.285 e. The number of hydrogen-bond acceptors (Lipinski definition) is 6. The highest BCUT2D eigenvalue weighted by Gasteiger charge is 2.33. The van der Waals surface area contributed by atoms with Crippen molar-refractivity contribution in [1.82, 2.24) is 10.4 Å². The standard InChI is InChI=1S/C16H18N2O4S2/c1-3-4-5-14(20)17-18-15(21)13(24-16(18)23)9-10-6-7-11(19)12(8-10)22-2/h6-9,19H,3-5H2,1-2H3,(H,17,20)/b13-9+. The van der Waals surface area contributed by atoms with E-state index in [9.17, 15) is 14.7 Å². The Labute approximate surface area is 149 Å². The summed E-state index contributed by atoms with van der Waals surface area (Å²) in [5.41, 5.74) is 3.22. The van der Waals surface area contributed by atoms with Crippen molar-refractivity contribution in [3.05, 3.63) is 28.7 Å². The van der Waals surface area contributed by atoms with E-state index >= 15 is 0 Å². The van der Waals surface area contributed by atoms with Crippen LogP contribution in [-0.4, -0.2) is 33.4 Å². The van der Waals surface area contributed by atoms with E-state index in [1.807, 2.05) is 6.92 Å². The number of thiocarbonyl (C=S) groups is 1. The van der Waals surface area contributed by atoms with Crippen molar-refractivity contribution in [2.75, 3.05) is 7.11 Å². The number of ether oxygens (including phenoxy) is 1. The molecule has 0 spiro atoms. The fourth-order valence-electron chi connectivity index (χ4n) is 2.02. The third kappa shape index (κ3) is 4.27. The first-order valence-electron chi connectivity index (χ1n) is 7.40. The zero-order valence-corrected chi connectivity index (χ0v) is 15.0. The Morgan fingerprint density at radius 2 is 2.25 bits per heavy atom. The second-order valence-corrected chi connectivity index (χ2v) is 6.76. The number of carbonyl (C=O) groups is 2. The number of carbonyl (C=O) groups excluding carboxylic acids is 2. The first-order chi connectivity index (χ1) is 11.5. The lowest BCUT2D eigenvalue weighted by molar-refractivity contribution is -0.133. The van der Waals surface area contributed by atoms with Crippen molar-refractivity contribution in [3.63, 3.8) is 0 Å². The zero-order valence-electron chi connectivity index (χ0n) is 13.4. The SMILES string of the molecule is CCCCC(=O)NN1C(=O)/C(=C\c2ccc(O)c(OC)c2)SC1=S. The number of nitrogens with zero attached hydrogens (tertiary/aromatic N) is 1. The molecule has 1 saturated heterocycles. The molecule has 1 aromatic rings. The summed E-state index contributed by atoms with van der Waals surface area (Å²) < 4.78 is 5.32. The molecule has 128 valence electrons. The predicted molar refractivity (Wildman–Crippen MR) is 97.3 cm³/mol. The van der Waals surface area contributed by atoms with Gasteiger partial charge < -0.3 is 9.84 Å². The van der Waals surface area contributed by atoms with E-state index in [0.29, 0.717) is 22.6 Å². The molecule has 2 amide bonds. The van der Waals surface area contributed by atoms with Crippen LogP contribution in [0.15, 0.2) is 23.1 Å². The number of hydrogen-bond donors (Lipinski definition) is 2. The van der Waals surface area contributed by atoms with Crippen LogP contribution in [0.25, 0.3) is 6.08 Å². The van der Waals surface area contributed by atoms with Crippen LogP contribution in [-0.2, 0) is 9.59 Å². The number of rotatable bonds is 6. The average molecular weight is 366 g/mol. The van der Waals surface area contributed by atoms with Gasteiger partial charge in [-0.05, 0) is 42.4 Å². The van der Waals surface area contributed by atoms with Crippen molar-refractivity contribution in [3.8, 4) is 11.5 Å². The summed E-state index contributed by atoms with van der Waals surface area (Å²) in [7, 11) is 1.45. The maximum atomic E-state index is 12.4. The van der Waals surface area contributed by atoms with Crippen LogP contribution in [0.5, 0.6) is 11.5 Å². The molecule has 1 aliphatic heterocycles. The lowest BCUT2D eigenvalue weighted by atomic mass is 10.2. The Kier molecular flexibility index (Phi) is 6.22. The van der Waals surface area contributed by atoms with Gasteiger partial charge in [0.2, 0.25) is 5.91 Å². The van der Waals surface area contributed by atoms with Crippen LogP contribution in [0, 0.1) is 0 Å². The van der Waals surface area contributed by atoms with Crippen molar-refractivity contribution in [1.29, 1.82) is 0 Å². The predicted octanol–water partition coefficient (Wildman–Crippen LogP) is 2.82. The summed E-state index contributed by atoms with van der Waals surface area (Å²) in [6.07, 6.45) is 3.64. The van der Waals surface area contributed by atoms with Gasteiger partial charge in [0.1, 0.15) is 0 Å². The van der Waals surface area contributed by atoms with Gasteiger partial charge in [-0.2, -0.15) is 5.01 Å². The number of phenols is 1. The largest absolute Gasteiger partial charge is 0.504 e. The van der Waals surface area contributed by atoms with E-state index in [1.54, 1.807) is 18.2 Å². The lowest BCUT2D eigenvalue weighted by Crippen LogP contribution is -2.44. The van der Waals surface area contributed by atoms with E-state index in [2.05, 4.69) is 5.43 Å². The third-order valence-corrected chi connectivity index (χ3v) is 4.59. The molecule has 2 rings (SSSR count). The van der Waals surface area contributed by atoms with E-state index in [4.69, 9.17) is 17.0 Å². The summed E-state index contributed by atoms with van der Waals surface area (Å²) in [5, 5.41) is 10.7. The zero-order chi connectivity index (χ0) is 17.7. The summed E-state index contributed by atoms with van der Waals surface area (Å²) in [6, 6.07) is 4.75. The van der Waals surface area contributed by atoms with Gasteiger partial charge in [-0.3, -0.25) is 15.0 Å². The van der Waals surface area contributed by atoms with E-state index in [1.165, 1.54) is 13.2 Å². The number of thioether (sulfide) groups is 1. The number of methoxy groups -OCH3 is 1. The molecule has 1 heterocycles. The van der Waals surface area contributed by atoms with Gasteiger partial charge >= 0.3 is 0 Å². The molecule has 2 N–H and O–H groups in total. The lowest BCUT2D eigenvalue weighted by Gasteiger charge is -2.15. The van der Waals surface area contributed by atoms with Crippen molar-refractivity contribution >= 4 is 46.2 Å². The number of phenolic OH excluding ortho intramolecular Hbond substituents is 1. The topological polar surface area (TPSA) is 78.9 Å². The first kappa shape index (κ1) is 18.3. The number of amides is 2. The molecule has 1 aromatic carbocycles. The number of nitrogens with one attached hydrogen (secondary N) is 1. The van der Waals surface area contributed by atoms with Gasteiger partial charge in [0.25, 0.3) is 5.91 Å². The summed E-state index contributed by atoms with van der Waals surface area (Å²) >= 11 is 6.27. The molecule has 6 nitrogen and oxygen atoms in total. The molecular weight excluding hydrogens is 348 g/mol. The van der Waals surface area contributed by atoms with E-state index in [-0.39, 0.29) is 21.9 Å². The van der Waals surface area contributed by atoms with Crippen molar-refractivity contribution in [2.24, 2.45) is 0 Å². The Hall–Kier alpha value is -2.06. The Balaban J connectivity index is 2.14. The summed E-state index contributed by atoms with van der Waals surface area (Å²) in [5.74, 6) is -0.278. The summed E-state index contributed by atoms with van der Waals surface area (Å²) in [4.78, 5) is 24.6. The molecule has 0 radical (unpaired) electrons. The van der Waals surface area contributed by atoms with Gasteiger partial charge in [0.05, 0.1) is 12.0 Å². The van der Waals surface area contributed by atoms with E-state index in [0.717, 1.165) is 29.6 Å². The molecule has 0 saturated carbocycles. The number of benzene rings is 1. The fraction of sp³-hybridized carbons (Fsp3) is 0.312. The normalized spacial score (nSPS) is 15.9. The molecule has 0 aliphatic carbocycles. The van der Waals surface area contributed by atoms with E-state index < -0.39 is 0 Å². The average Bonchev–Trinajstić information content (AvgIpc) is 2.82. The third-order valence-electron chi connectivity index (χ3n) is 3.29. The molecule has 0 bridgehead atoms. The highest BCUT2D eigenvalue weighted by molar-refractivity contribution is 8.26. The van der Waals surface area contributed by atoms with Gasteiger partial charge in [-0.15, -0.1) is 0 Å². The maximum absolute atomic E-state index is 12.4. The van der Waals surface area contributed by atoms with Gasteiger partial charge in [-0.1, -0.05) is 31.2 Å². The molecule has 0 atom stereocenters. The molecule has 8 heteroatoms. The molecule has 1 aliphatic rings. The Morgan fingerprint density at radius 1 is 1.50 bits per heavy atom. The van der Waals surface area contributed by atoms with Crippen LogP contribution < -0.4 is 10.2 Å². The van der Waals surface area contributed by atoms with Crippen LogP contribution in [0.4, 0.5) is 0 Å². The summed E-state index contributed by atoms with van der Waals surface area (Å²) in [6.45, 7) is 1.99. The Morgan fingerprint density at radius 3 is 2.92 bits per heavy atom. The number of unbranched alkanes of at least 4 members (excludes halogenated alkanes) is 1. The Bertz CT molecular complexity index is 703. The molecule has 0 aromatic heterocycles. The van der Waals surface area contributed by atoms with Crippen molar-refractivity contribution in [2.45, 2.75) is 26.2 Å². The second kappa shape index (κ2) is 8.16. The molecule has 24 heavy (non-hydrogen) atoms. The molecular formula is C16H18N2O4S2. The fourth-order valence-corrected chi connectivity index (χ4v) is 3.20. The van der Waals surface area contributed by atoms with Crippen LogP contribution in [0.2, 0.25) is 0 Å². The minimum absolute atomic E-state index is 0.0189. The van der Waals surface area contributed by atoms with Crippen molar-refractivity contribution < 1.29 is 19.4 Å². The van der Waals surface area contributed by atoms with Gasteiger partial charge in [0.15, 0.2) is 15.8 Å². The molecule has 0 unspecified atom stereocenters. The maximum Gasteiger partial charge on any atom is 0.285 e. The number of aromatic hydroxyl groups is 1. The first-order valence-corrected chi connectivity index (χ1v) is 8.63. The van der Waals surface area contributed by atoms with Gasteiger partial charge in [-0.25, -0.2) is 0 Å². The van der Waals surface area contributed by atoms with Crippen LogP contribution in [0.3, 0.4) is 0 Å².